The first-order valence-electron chi connectivity index (χ1n) is 8.99. The number of aliphatic carboxylic acids is 1. The Morgan fingerprint density at radius 3 is 2.54 bits per heavy atom. The molecule has 5 heteroatoms. The fourth-order valence-corrected chi connectivity index (χ4v) is 4.19. The lowest BCUT2D eigenvalue weighted by molar-refractivity contribution is -0.142. The quantitative estimate of drug-likeness (QED) is 0.909. The van der Waals surface area contributed by atoms with Crippen molar-refractivity contribution in [3.8, 4) is 11.5 Å². The van der Waals surface area contributed by atoms with Crippen molar-refractivity contribution in [2.45, 2.75) is 38.8 Å². The standard InChI is InChI=1S/C21H23NO4/c1-13-8-14(2)10-16(9-13)20(22-7-3-4-17(22)21(23)24)15-5-6-18-19(11-15)26-12-25-18/h5-6,8-11,17,20H,3-4,7,12H2,1-2H3,(H,23,24). The van der Waals surface area contributed by atoms with Crippen molar-refractivity contribution >= 4 is 5.97 Å². The Labute approximate surface area is 153 Å². The molecule has 1 N–H and O–H groups in total. The van der Waals surface area contributed by atoms with Crippen LogP contribution in [0.1, 0.15) is 41.1 Å². The van der Waals surface area contributed by atoms with Crippen LogP contribution in [0.15, 0.2) is 36.4 Å². The minimum atomic E-state index is -0.752. The molecule has 2 aliphatic heterocycles. The molecule has 0 saturated carbocycles. The fraction of sp³-hybridized carbons (Fsp3) is 0.381. The third kappa shape index (κ3) is 3.03. The lowest BCUT2D eigenvalue weighted by Crippen LogP contribution is -2.39. The van der Waals surface area contributed by atoms with Crippen molar-refractivity contribution in [1.29, 1.82) is 0 Å². The number of nitrogens with zero attached hydrogens (tertiary/aromatic N) is 1. The van der Waals surface area contributed by atoms with Crippen LogP contribution in [0.2, 0.25) is 0 Å². The van der Waals surface area contributed by atoms with Gasteiger partial charge in [-0.3, -0.25) is 9.69 Å². The molecule has 0 amide bonds. The van der Waals surface area contributed by atoms with E-state index in [0.717, 1.165) is 35.6 Å². The van der Waals surface area contributed by atoms with Crippen molar-refractivity contribution in [2.75, 3.05) is 13.3 Å². The summed E-state index contributed by atoms with van der Waals surface area (Å²) in [4.78, 5) is 13.9. The summed E-state index contributed by atoms with van der Waals surface area (Å²) >= 11 is 0. The highest BCUT2D eigenvalue weighted by Gasteiger charge is 2.37. The van der Waals surface area contributed by atoms with Gasteiger partial charge in [-0.1, -0.05) is 35.4 Å². The van der Waals surface area contributed by atoms with Gasteiger partial charge in [-0.25, -0.2) is 0 Å². The predicted octanol–water partition coefficient (Wildman–Crippen LogP) is 3.67. The lowest BCUT2D eigenvalue weighted by atomic mass is 9.93. The molecule has 0 aromatic heterocycles. The first-order valence-corrected chi connectivity index (χ1v) is 8.99. The van der Waals surface area contributed by atoms with Gasteiger partial charge in [0.2, 0.25) is 6.79 Å². The number of carbonyl (C=O) groups is 1. The molecule has 26 heavy (non-hydrogen) atoms. The minimum absolute atomic E-state index is 0.119. The first kappa shape index (κ1) is 16.9. The van der Waals surface area contributed by atoms with Crippen molar-refractivity contribution in [2.24, 2.45) is 0 Å². The largest absolute Gasteiger partial charge is 0.480 e. The summed E-state index contributed by atoms with van der Waals surface area (Å²) in [5.41, 5.74) is 4.51. The Bertz CT molecular complexity index is 828. The van der Waals surface area contributed by atoms with Crippen molar-refractivity contribution in [1.82, 2.24) is 4.90 Å². The minimum Gasteiger partial charge on any atom is -0.480 e. The van der Waals surface area contributed by atoms with E-state index in [1.807, 2.05) is 18.2 Å². The Hall–Kier alpha value is -2.53. The van der Waals surface area contributed by atoms with E-state index in [1.54, 1.807) is 0 Å². The van der Waals surface area contributed by atoms with E-state index >= 15 is 0 Å². The maximum atomic E-state index is 11.8. The third-order valence-corrected chi connectivity index (χ3v) is 5.18. The maximum absolute atomic E-state index is 11.8. The average Bonchev–Trinajstić information content (AvgIpc) is 3.22. The number of aryl methyl sites for hydroxylation is 2. The fourth-order valence-electron chi connectivity index (χ4n) is 4.19. The molecule has 0 radical (unpaired) electrons. The van der Waals surface area contributed by atoms with Gasteiger partial charge in [0.05, 0.1) is 6.04 Å². The summed E-state index contributed by atoms with van der Waals surface area (Å²) in [6, 6.07) is 11.8. The molecule has 2 heterocycles. The van der Waals surface area contributed by atoms with E-state index in [2.05, 4.69) is 36.9 Å². The first-order chi connectivity index (χ1) is 12.5. The summed E-state index contributed by atoms with van der Waals surface area (Å²) in [5, 5.41) is 9.70. The van der Waals surface area contributed by atoms with E-state index in [9.17, 15) is 9.90 Å². The predicted molar refractivity (Wildman–Crippen MR) is 97.7 cm³/mol. The molecule has 1 saturated heterocycles. The number of carboxylic acid groups (broad SMARTS) is 1. The van der Waals surface area contributed by atoms with Crippen LogP contribution < -0.4 is 9.47 Å². The van der Waals surface area contributed by atoms with Gasteiger partial charge in [-0.15, -0.1) is 0 Å². The van der Waals surface area contributed by atoms with Crippen LogP contribution in [-0.2, 0) is 4.79 Å². The smallest absolute Gasteiger partial charge is 0.320 e. The van der Waals surface area contributed by atoms with E-state index < -0.39 is 12.0 Å². The molecule has 2 aromatic rings. The number of carboxylic acids is 1. The summed E-state index contributed by atoms with van der Waals surface area (Å²) in [7, 11) is 0. The van der Waals surface area contributed by atoms with Crippen LogP contribution in [0.25, 0.3) is 0 Å². The Morgan fingerprint density at radius 2 is 1.81 bits per heavy atom. The number of benzene rings is 2. The molecular weight excluding hydrogens is 330 g/mol. The monoisotopic (exact) mass is 353 g/mol. The molecule has 2 aromatic carbocycles. The van der Waals surface area contributed by atoms with Crippen LogP contribution in [0.3, 0.4) is 0 Å². The summed E-state index contributed by atoms with van der Waals surface area (Å²) in [6.45, 7) is 5.15. The highest BCUT2D eigenvalue weighted by molar-refractivity contribution is 5.74. The second kappa shape index (κ2) is 6.65. The molecule has 5 nitrogen and oxygen atoms in total. The van der Waals surface area contributed by atoms with Crippen LogP contribution in [0, 0.1) is 13.8 Å². The molecule has 136 valence electrons. The average molecular weight is 353 g/mol. The zero-order valence-corrected chi connectivity index (χ0v) is 15.1. The normalized spacial score (nSPS) is 20.3. The molecule has 0 spiro atoms. The molecule has 4 rings (SSSR count). The number of ether oxygens (including phenoxy) is 2. The third-order valence-electron chi connectivity index (χ3n) is 5.18. The van der Waals surface area contributed by atoms with Crippen molar-refractivity contribution in [3.63, 3.8) is 0 Å². The molecule has 2 atom stereocenters. The van der Waals surface area contributed by atoms with Gasteiger partial charge in [-0.2, -0.15) is 0 Å². The topological polar surface area (TPSA) is 59.0 Å². The van der Waals surface area contributed by atoms with Crippen molar-refractivity contribution in [3.05, 3.63) is 58.7 Å². The summed E-state index contributed by atoms with van der Waals surface area (Å²) in [6.07, 6.45) is 1.57. The maximum Gasteiger partial charge on any atom is 0.320 e. The van der Waals surface area contributed by atoms with Crippen LogP contribution >= 0.6 is 0 Å². The Kier molecular flexibility index (Phi) is 4.32. The zero-order valence-electron chi connectivity index (χ0n) is 15.1. The van der Waals surface area contributed by atoms with E-state index in [1.165, 1.54) is 11.1 Å². The molecule has 1 fully saturated rings. The summed E-state index contributed by atoms with van der Waals surface area (Å²) in [5.74, 6) is 0.713. The van der Waals surface area contributed by atoms with Gasteiger partial charge < -0.3 is 14.6 Å². The van der Waals surface area contributed by atoms with Gasteiger partial charge in [0, 0.05) is 6.54 Å². The number of fused-ring (bicyclic) bond motifs is 1. The van der Waals surface area contributed by atoms with Gasteiger partial charge in [0.25, 0.3) is 0 Å². The molecule has 2 aliphatic rings. The van der Waals surface area contributed by atoms with Crippen LogP contribution in [-0.4, -0.2) is 35.4 Å². The Balaban J connectivity index is 1.82. The number of hydrogen-bond acceptors (Lipinski definition) is 4. The van der Waals surface area contributed by atoms with Gasteiger partial charge in [-0.05, 0) is 49.9 Å². The van der Waals surface area contributed by atoms with Crippen LogP contribution in [0.5, 0.6) is 11.5 Å². The van der Waals surface area contributed by atoms with Crippen molar-refractivity contribution < 1.29 is 19.4 Å². The zero-order chi connectivity index (χ0) is 18.3. The molecule has 0 aliphatic carbocycles. The second-order valence-electron chi connectivity index (χ2n) is 7.17. The Morgan fingerprint density at radius 1 is 1.08 bits per heavy atom. The molecule has 2 unspecified atom stereocenters. The highest BCUT2D eigenvalue weighted by atomic mass is 16.7. The number of rotatable bonds is 4. The summed E-state index contributed by atoms with van der Waals surface area (Å²) < 4.78 is 11.0. The second-order valence-corrected chi connectivity index (χ2v) is 7.17. The van der Waals surface area contributed by atoms with Crippen LogP contribution in [0.4, 0.5) is 0 Å². The lowest BCUT2D eigenvalue weighted by Gasteiger charge is -2.32. The number of likely N-dealkylation sites (tertiary alicyclic amines) is 1. The van der Waals surface area contributed by atoms with Gasteiger partial charge in [0.15, 0.2) is 11.5 Å². The van der Waals surface area contributed by atoms with Gasteiger partial charge >= 0.3 is 5.97 Å². The van der Waals surface area contributed by atoms with E-state index in [4.69, 9.17) is 9.47 Å². The molecular formula is C21H23NO4. The van der Waals surface area contributed by atoms with E-state index in [0.29, 0.717) is 6.42 Å². The van der Waals surface area contributed by atoms with E-state index in [-0.39, 0.29) is 12.8 Å². The number of hydrogen-bond donors (Lipinski definition) is 1. The SMILES string of the molecule is Cc1cc(C)cc(C(c2ccc3c(c2)OCO3)N2CCCC2C(=O)O)c1. The molecule has 0 bridgehead atoms. The highest BCUT2D eigenvalue weighted by Crippen LogP contribution is 2.40. The van der Waals surface area contributed by atoms with Gasteiger partial charge in [0.1, 0.15) is 6.04 Å².